The lowest BCUT2D eigenvalue weighted by molar-refractivity contribution is 0.818. The van der Waals surface area contributed by atoms with Gasteiger partial charge in [-0.3, -0.25) is 0 Å². The lowest BCUT2D eigenvalue weighted by Crippen LogP contribution is -1.89. The molecule has 0 aliphatic heterocycles. The van der Waals surface area contributed by atoms with Crippen molar-refractivity contribution < 1.29 is 0 Å². The Labute approximate surface area is 137 Å². The summed E-state index contributed by atoms with van der Waals surface area (Å²) in [5.41, 5.74) is 2.62. The summed E-state index contributed by atoms with van der Waals surface area (Å²) in [7, 11) is 0. The highest BCUT2D eigenvalue weighted by Gasteiger charge is 2.06. The molecular formula is C19H22S2. The Hall–Kier alpha value is -1.12. The van der Waals surface area contributed by atoms with Crippen LogP contribution in [0.4, 0.5) is 0 Å². The Morgan fingerprint density at radius 1 is 0.810 bits per heavy atom. The van der Waals surface area contributed by atoms with E-state index in [1.807, 2.05) is 11.8 Å². The highest BCUT2D eigenvalue weighted by molar-refractivity contribution is 8.06. The van der Waals surface area contributed by atoms with E-state index in [2.05, 4.69) is 81.6 Å². The van der Waals surface area contributed by atoms with Crippen molar-refractivity contribution in [2.24, 2.45) is 5.92 Å². The number of aryl methyl sites for hydroxylation is 2. The Morgan fingerprint density at radius 2 is 1.29 bits per heavy atom. The lowest BCUT2D eigenvalue weighted by atomic mass is 10.2. The quantitative estimate of drug-likeness (QED) is 0.564. The fraction of sp³-hybridized carbons (Fsp3) is 0.263. The molecule has 0 amide bonds. The van der Waals surface area contributed by atoms with Crippen molar-refractivity contribution in [3.8, 4) is 0 Å². The fourth-order valence-corrected chi connectivity index (χ4v) is 3.70. The van der Waals surface area contributed by atoms with Crippen LogP contribution in [0, 0.1) is 19.8 Å². The van der Waals surface area contributed by atoms with E-state index in [9.17, 15) is 0 Å². The van der Waals surface area contributed by atoms with E-state index in [1.54, 1.807) is 11.8 Å². The van der Waals surface area contributed by atoms with Gasteiger partial charge in [-0.1, -0.05) is 72.8 Å². The fourth-order valence-electron chi connectivity index (χ4n) is 1.76. The van der Waals surface area contributed by atoms with Crippen molar-refractivity contribution in [2.75, 3.05) is 0 Å². The van der Waals surface area contributed by atoms with E-state index in [1.165, 1.54) is 25.8 Å². The van der Waals surface area contributed by atoms with E-state index in [-0.39, 0.29) is 0 Å². The van der Waals surface area contributed by atoms with Crippen molar-refractivity contribution in [1.29, 1.82) is 0 Å². The second-order valence-corrected chi connectivity index (χ2v) is 7.61. The summed E-state index contributed by atoms with van der Waals surface area (Å²) in [5, 5.41) is 2.29. The monoisotopic (exact) mass is 314 g/mol. The third kappa shape index (κ3) is 5.29. The van der Waals surface area contributed by atoms with Gasteiger partial charge in [0.05, 0.1) is 0 Å². The van der Waals surface area contributed by atoms with Crippen LogP contribution < -0.4 is 0 Å². The number of allylic oxidation sites excluding steroid dienone is 1. The number of hydrogen-bond acceptors (Lipinski definition) is 2. The average Bonchev–Trinajstić information content (AvgIpc) is 2.47. The molecule has 0 N–H and O–H groups in total. The first kappa shape index (κ1) is 16.3. The number of benzene rings is 2. The zero-order valence-electron chi connectivity index (χ0n) is 13.1. The zero-order valence-corrected chi connectivity index (χ0v) is 14.7. The highest BCUT2D eigenvalue weighted by atomic mass is 32.2. The standard InChI is InChI=1S/C19H22S2/c1-14(2)19(21-18-11-7-16(4)8-12-18)13-20-17-9-5-15(3)6-10-17/h5-14H,1-4H3/b19-13-. The SMILES string of the molecule is Cc1ccc(S/C=C(\Sc2ccc(C)cc2)C(C)C)cc1. The topological polar surface area (TPSA) is 0 Å². The van der Waals surface area contributed by atoms with Crippen LogP contribution in [0.25, 0.3) is 0 Å². The first-order valence-corrected chi connectivity index (χ1v) is 8.92. The first-order chi connectivity index (χ1) is 10.0. The van der Waals surface area contributed by atoms with Gasteiger partial charge in [-0.25, -0.2) is 0 Å². The maximum Gasteiger partial charge on any atom is 0.0119 e. The van der Waals surface area contributed by atoms with Crippen molar-refractivity contribution >= 4 is 23.5 Å². The van der Waals surface area contributed by atoms with Gasteiger partial charge in [-0.15, -0.1) is 0 Å². The molecular weight excluding hydrogens is 292 g/mol. The molecule has 0 heterocycles. The molecule has 0 aliphatic rings. The molecule has 0 fully saturated rings. The van der Waals surface area contributed by atoms with Crippen LogP contribution in [0.15, 0.2) is 68.6 Å². The average molecular weight is 315 g/mol. The summed E-state index contributed by atoms with van der Waals surface area (Å²) < 4.78 is 0. The molecule has 0 nitrogen and oxygen atoms in total. The summed E-state index contributed by atoms with van der Waals surface area (Å²) in [6.45, 7) is 8.75. The molecule has 2 aromatic carbocycles. The summed E-state index contributed by atoms with van der Waals surface area (Å²) in [5.74, 6) is 0.536. The smallest absolute Gasteiger partial charge is 0.0119 e. The van der Waals surface area contributed by atoms with Gasteiger partial charge >= 0.3 is 0 Å². The Bertz CT molecular complexity index is 592. The van der Waals surface area contributed by atoms with Gasteiger partial charge in [0.15, 0.2) is 0 Å². The van der Waals surface area contributed by atoms with Crippen molar-refractivity contribution in [3.63, 3.8) is 0 Å². The van der Waals surface area contributed by atoms with Gasteiger partial charge in [0.1, 0.15) is 0 Å². The van der Waals surface area contributed by atoms with Crippen LogP contribution >= 0.6 is 23.5 Å². The molecule has 0 saturated carbocycles. The van der Waals surface area contributed by atoms with Gasteiger partial charge in [0, 0.05) is 9.79 Å². The Balaban J connectivity index is 2.09. The molecule has 0 saturated heterocycles. The van der Waals surface area contributed by atoms with Gasteiger partial charge in [0.2, 0.25) is 0 Å². The molecule has 0 bridgehead atoms. The normalized spacial score (nSPS) is 12.0. The molecule has 2 heteroatoms. The third-order valence-electron chi connectivity index (χ3n) is 3.16. The van der Waals surface area contributed by atoms with Crippen LogP contribution in [0.2, 0.25) is 0 Å². The molecule has 0 spiro atoms. The number of rotatable bonds is 5. The molecule has 2 rings (SSSR count). The van der Waals surface area contributed by atoms with Crippen LogP contribution in [-0.4, -0.2) is 0 Å². The first-order valence-electron chi connectivity index (χ1n) is 7.22. The maximum atomic E-state index is 2.29. The molecule has 110 valence electrons. The molecule has 0 radical (unpaired) electrons. The molecule has 0 atom stereocenters. The largest absolute Gasteiger partial charge is 0.0972 e. The summed E-state index contributed by atoms with van der Waals surface area (Å²) in [6, 6.07) is 17.5. The van der Waals surface area contributed by atoms with E-state index in [0.29, 0.717) is 5.92 Å². The van der Waals surface area contributed by atoms with Crippen molar-refractivity contribution in [1.82, 2.24) is 0 Å². The number of thioether (sulfide) groups is 2. The highest BCUT2D eigenvalue weighted by Crippen LogP contribution is 2.35. The van der Waals surface area contributed by atoms with E-state index < -0.39 is 0 Å². The van der Waals surface area contributed by atoms with Gasteiger partial charge in [0.25, 0.3) is 0 Å². The third-order valence-corrected chi connectivity index (χ3v) is 5.56. The van der Waals surface area contributed by atoms with Gasteiger partial charge in [-0.2, -0.15) is 0 Å². The molecule has 0 aliphatic carbocycles. The summed E-state index contributed by atoms with van der Waals surface area (Å²) in [6.07, 6.45) is 0. The Kier molecular flexibility index (Phi) is 6.01. The predicted octanol–water partition coefficient (Wildman–Crippen LogP) is 6.69. The second kappa shape index (κ2) is 7.77. The molecule has 21 heavy (non-hydrogen) atoms. The van der Waals surface area contributed by atoms with Gasteiger partial charge < -0.3 is 0 Å². The van der Waals surface area contributed by atoms with E-state index in [4.69, 9.17) is 0 Å². The predicted molar refractivity (Wildman–Crippen MR) is 97.0 cm³/mol. The minimum atomic E-state index is 0.536. The zero-order chi connectivity index (χ0) is 15.2. The van der Waals surface area contributed by atoms with E-state index in [0.717, 1.165) is 0 Å². The van der Waals surface area contributed by atoms with Crippen molar-refractivity contribution in [3.05, 3.63) is 70.0 Å². The van der Waals surface area contributed by atoms with Gasteiger partial charge in [-0.05, 0) is 54.3 Å². The van der Waals surface area contributed by atoms with Crippen LogP contribution in [0.5, 0.6) is 0 Å². The summed E-state index contributed by atoms with van der Waals surface area (Å²) >= 11 is 3.67. The van der Waals surface area contributed by atoms with Crippen LogP contribution in [-0.2, 0) is 0 Å². The molecule has 2 aromatic rings. The van der Waals surface area contributed by atoms with Crippen molar-refractivity contribution in [2.45, 2.75) is 37.5 Å². The van der Waals surface area contributed by atoms with Crippen LogP contribution in [0.1, 0.15) is 25.0 Å². The number of hydrogen-bond donors (Lipinski definition) is 0. The Morgan fingerprint density at radius 3 is 1.76 bits per heavy atom. The molecule has 0 unspecified atom stereocenters. The van der Waals surface area contributed by atoms with E-state index >= 15 is 0 Å². The second-order valence-electron chi connectivity index (χ2n) is 5.52. The lowest BCUT2D eigenvalue weighted by Gasteiger charge is -2.11. The maximum absolute atomic E-state index is 2.29. The minimum Gasteiger partial charge on any atom is -0.0972 e. The minimum absolute atomic E-state index is 0.536. The summed E-state index contributed by atoms with van der Waals surface area (Å²) in [4.78, 5) is 4.01. The van der Waals surface area contributed by atoms with Crippen LogP contribution in [0.3, 0.4) is 0 Å². The molecule has 0 aromatic heterocycles.